The van der Waals surface area contributed by atoms with Crippen molar-refractivity contribution in [1.29, 1.82) is 5.41 Å². The van der Waals surface area contributed by atoms with Crippen molar-refractivity contribution in [3.05, 3.63) is 93.4 Å². The van der Waals surface area contributed by atoms with Crippen molar-refractivity contribution in [2.75, 3.05) is 11.9 Å². The van der Waals surface area contributed by atoms with E-state index < -0.39 is 5.92 Å². The number of anilines is 1. The van der Waals surface area contributed by atoms with Crippen LogP contribution in [0.4, 0.5) is 5.82 Å². The Morgan fingerprint density at radius 1 is 1.11 bits per heavy atom. The van der Waals surface area contributed by atoms with Crippen LogP contribution in [0.3, 0.4) is 0 Å². The van der Waals surface area contributed by atoms with Gasteiger partial charge in [0, 0.05) is 38.1 Å². The summed E-state index contributed by atoms with van der Waals surface area (Å²) >= 11 is 12.3. The molecule has 8 nitrogen and oxygen atoms in total. The number of nitrogens with zero attached hydrogens (tertiary/aromatic N) is 3. The third-order valence-corrected chi connectivity index (χ3v) is 7.22. The van der Waals surface area contributed by atoms with Crippen LogP contribution < -0.4 is 15.7 Å². The molecule has 0 spiro atoms. The molecular formula is C28H25Cl2N5O3. The van der Waals surface area contributed by atoms with Crippen molar-refractivity contribution >= 4 is 40.7 Å². The molecular weight excluding hydrogens is 525 g/mol. The molecule has 1 aliphatic heterocycles. The second-order valence-electron chi connectivity index (χ2n) is 9.32. The number of fused-ring (bicyclic) bond motifs is 1. The highest BCUT2D eigenvalue weighted by atomic mass is 35.5. The summed E-state index contributed by atoms with van der Waals surface area (Å²) in [6, 6.07) is 12.7. The first-order valence-electron chi connectivity index (χ1n) is 12.0. The highest BCUT2D eigenvalue weighted by Crippen LogP contribution is 2.40. The Morgan fingerprint density at radius 3 is 2.61 bits per heavy atom. The van der Waals surface area contributed by atoms with Crippen molar-refractivity contribution in [3.8, 4) is 16.9 Å². The first-order chi connectivity index (χ1) is 18.2. The number of pyridine rings is 1. The molecule has 3 heterocycles. The van der Waals surface area contributed by atoms with Gasteiger partial charge in [0.05, 0.1) is 34.7 Å². The molecule has 1 amide bonds. The average Bonchev–Trinajstić information content (AvgIpc) is 3.19. The molecule has 2 aromatic carbocycles. The van der Waals surface area contributed by atoms with E-state index in [0.717, 1.165) is 22.3 Å². The van der Waals surface area contributed by atoms with E-state index >= 15 is 0 Å². The number of nitrogens with one attached hydrogen (secondary N) is 2. The highest BCUT2D eigenvalue weighted by molar-refractivity contribution is 6.42. The van der Waals surface area contributed by atoms with Crippen LogP contribution in [0, 0.1) is 11.3 Å². The summed E-state index contributed by atoms with van der Waals surface area (Å²) < 4.78 is 9.74. The summed E-state index contributed by atoms with van der Waals surface area (Å²) in [7, 11) is 1.81. The van der Waals surface area contributed by atoms with Gasteiger partial charge in [-0.25, -0.2) is 4.98 Å². The van der Waals surface area contributed by atoms with Gasteiger partial charge < -0.3 is 19.2 Å². The van der Waals surface area contributed by atoms with Crippen LogP contribution in [0.15, 0.2) is 61.1 Å². The first-order valence-corrected chi connectivity index (χ1v) is 12.7. The van der Waals surface area contributed by atoms with Gasteiger partial charge in [-0.05, 0) is 59.5 Å². The molecule has 0 saturated heterocycles. The first kappa shape index (κ1) is 25.8. The van der Waals surface area contributed by atoms with Crippen molar-refractivity contribution in [2.24, 2.45) is 13.0 Å². The predicted molar refractivity (Wildman–Crippen MR) is 146 cm³/mol. The number of carbonyl (C=O) groups is 2. The smallest absolute Gasteiger partial charge is 0.222 e. The molecule has 5 rings (SSSR count). The van der Waals surface area contributed by atoms with Gasteiger partial charge in [-0.2, -0.15) is 0 Å². The molecule has 1 unspecified atom stereocenters. The Hall–Kier alpha value is -3.88. The summed E-state index contributed by atoms with van der Waals surface area (Å²) in [6.07, 6.45) is 5.70. The molecule has 0 fully saturated rings. The number of Topliss-reactive ketones (excluding diaryl/α,β-unsaturated/α-hetero) is 1. The third-order valence-electron chi connectivity index (χ3n) is 6.48. The van der Waals surface area contributed by atoms with Crippen LogP contribution >= 0.6 is 23.2 Å². The van der Waals surface area contributed by atoms with E-state index in [9.17, 15) is 9.59 Å². The van der Waals surface area contributed by atoms with E-state index in [1.807, 2.05) is 43.7 Å². The number of carbonyl (C=O) groups excluding carboxylic acids is 2. The Kier molecular flexibility index (Phi) is 7.10. The van der Waals surface area contributed by atoms with E-state index in [0.29, 0.717) is 45.8 Å². The minimum absolute atomic E-state index is 0.0271. The van der Waals surface area contributed by atoms with E-state index in [1.165, 1.54) is 6.92 Å². The molecule has 0 bridgehead atoms. The molecule has 0 radical (unpaired) electrons. The van der Waals surface area contributed by atoms with Crippen molar-refractivity contribution in [1.82, 2.24) is 14.1 Å². The fourth-order valence-electron chi connectivity index (χ4n) is 4.61. The molecule has 0 aliphatic carbocycles. The average molecular weight is 550 g/mol. The Balaban J connectivity index is 1.57. The topological polar surface area (TPSA) is 102 Å². The summed E-state index contributed by atoms with van der Waals surface area (Å²) in [6.45, 7) is 2.03. The van der Waals surface area contributed by atoms with Crippen molar-refractivity contribution in [2.45, 2.75) is 19.9 Å². The van der Waals surface area contributed by atoms with Crippen LogP contribution in [0.5, 0.6) is 5.75 Å². The van der Waals surface area contributed by atoms with Gasteiger partial charge in [0.2, 0.25) is 11.5 Å². The zero-order chi connectivity index (χ0) is 27.0. The molecule has 4 aromatic rings. The summed E-state index contributed by atoms with van der Waals surface area (Å²) in [5.41, 5.74) is 4.02. The van der Waals surface area contributed by atoms with Crippen molar-refractivity contribution < 1.29 is 14.3 Å². The number of amides is 1. The lowest BCUT2D eigenvalue weighted by Gasteiger charge is -2.27. The fourth-order valence-corrected chi connectivity index (χ4v) is 4.93. The Morgan fingerprint density at radius 2 is 1.89 bits per heavy atom. The van der Waals surface area contributed by atoms with Gasteiger partial charge in [-0.1, -0.05) is 29.3 Å². The van der Waals surface area contributed by atoms with Gasteiger partial charge >= 0.3 is 0 Å². The third kappa shape index (κ3) is 5.23. The number of halogens is 2. The normalized spacial score (nSPS) is 14.6. The monoisotopic (exact) mass is 549 g/mol. The van der Waals surface area contributed by atoms with E-state index in [1.54, 1.807) is 33.5 Å². The molecule has 38 heavy (non-hydrogen) atoms. The van der Waals surface area contributed by atoms with Crippen LogP contribution in [0.2, 0.25) is 10.0 Å². The maximum absolute atomic E-state index is 13.8. The van der Waals surface area contributed by atoms with Gasteiger partial charge in [0.25, 0.3) is 0 Å². The van der Waals surface area contributed by atoms with Crippen LogP contribution in [0.1, 0.15) is 28.4 Å². The lowest BCUT2D eigenvalue weighted by Crippen LogP contribution is -2.30. The second kappa shape index (κ2) is 10.5. The molecule has 2 aromatic heterocycles. The SMILES string of the molecule is CC(=O)Nc1cc(-c2cc(Cn3ccn(C)c3=N)cc3c2OCC(Cc2ccc(Cl)c(Cl)c2)C3=O)ccn1. The molecule has 194 valence electrons. The summed E-state index contributed by atoms with van der Waals surface area (Å²) in [5, 5.41) is 11.9. The van der Waals surface area contributed by atoms with E-state index in [4.69, 9.17) is 33.3 Å². The zero-order valence-corrected chi connectivity index (χ0v) is 22.3. The van der Waals surface area contributed by atoms with Crippen LogP contribution in [0.25, 0.3) is 11.1 Å². The van der Waals surface area contributed by atoms with Gasteiger partial charge in [-0.15, -0.1) is 0 Å². The molecule has 1 atom stereocenters. The number of ether oxygens (including phenoxy) is 1. The van der Waals surface area contributed by atoms with Crippen LogP contribution in [-0.2, 0) is 24.8 Å². The second-order valence-corrected chi connectivity index (χ2v) is 10.1. The maximum Gasteiger partial charge on any atom is 0.222 e. The summed E-state index contributed by atoms with van der Waals surface area (Å²) in [5.74, 6) is 0.241. The Labute approximate surface area is 229 Å². The molecule has 1 aliphatic rings. The molecule has 2 N–H and O–H groups in total. The predicted octanol–water partition coefficient (Wildman–Crippen LogP) is 5.12. The number of ketones is 1. The van der Waals surface area contributed by atoms with E-state index in [2.05, 4.69) is 10.3 Å². The van der Waals surface area contributed by atoms with Crippen LogP contribution in [-0.4, -0.2) is 32.4 Å². The number of aryl methyl sites for hydroxylation is 1. The zero-order valence-electron chi connectivity index (χ0n) is 20.8. The number of hydrogen-bond acceptors (Lipinski definition) is 5. The molecule has 10 heteroatoms. The Bertz CT molecular complexity index is 1630. The quantitative estimate of drug-likeness (QED) is 0.348. The minimum atomic E-state index is -0.397. The van der Waals surface area contributed by atoms with Gasteiger partial charge in [0.15, 0.2) is 5.78 Å². The standard InChI is InChI=1S/C28H25Cl2N5O3/c1-16(36)33-25-13-19(5-6-32-25)21-10-18(14-35-8-7-34(2)28(35)31)11-22-26(37)20(15-38-27(21)22)9-17-3-4-23(29)24(30)12-17/h3-8,10-13,20,31H,9,14-15H2,1-2H3,(H,32,33,36). The largest absolute Gasteiger partial charge is 0.491 e. The lowest BCUT2D eigenvalue weighted by atomic mass is 9.86. The van der Waals surface area contributed by atoms with Gasteiger partial charge in [-0.3, -0.25) is 15.0 Å². The number of hydrogen-bond donors (Lipinski definition) is 2. The van der Waals surface area contributed by atoms with E-state index in [-0.39, 0.29) is 18.3 Å². The molecule has 0 saturated carbocycles. The number of aromatic nitrogens is 3. The number of imidazole rings is 1. The maximum atomic E-state index is 13.8. The lowest BCUT2D eigenvalue weighted by molar-refractivity contribution is -0.114. The van der Waals surface area contributed by atoms with Gasteiger partial charge in [0.1, 0.15) is 11.6 Å². The highest BCUT2D eigenvalue weighted by Gasteiger charge is 2.32. The minimum Gasteiger partial charge on any atom is -0.491 e. The number of rotatable bonds is 6. The fraction of sp³-hybridized carbons (Fsp3) is 0.214. The number of benzene rings is 2. The summed E-state index contributed by atoms with van der Waals surface area (Å²) in [4.78, 5) is 29.6. The van der Waals surface area contributed by atoms with Crippen molar-refractivity contribution in [3.63, 3.8) is 0 Å².